The molecule has 0 aliphatic carbocycles. The van der Waals surface area contributed by atoms with E-state index < -0.39 is 5.60 Å². The van der Waals surface area contributed by atoms with E-state index in [4.69, 9.17) is 9.47 Å². The Kier molecular flexibility index (Phi) is 6.89. The average Bonchev–Trinajstić information content (AvgIpc) is 2.59. The summed E-state index contributed by atoms with van der Waals surface area (Å²) in [6, 6.07) is 7.86. The number of hydrogen-bond acceptors (Lipinski definition) is 4. The first-order valence-electron chi connectivity index (χ1n) is 9.17. The van der Waals surface area contributed by atoms with Crippen molar-refractivity contribution < 1.29 is 19.1 Å². The summed E-state index contributed by atoms with van der Waals surface area (Å²) < 4.78 is 10.4. The van der Waals surface area contributed by atoms with Crippen molar-refractivity contribution in [1.82, 2.24) is 10.2 Å². The van der Waals surface area contributed by atoms with E-state index in [0.29, 0.717) is 19.5 Å². The van der Waals surface area contributed by atoms with Gasteiger partial charge in [0.05, 0.1) is 7.11 Å². The van der Waals surface area contributed by atoms with Gasteiger partial charge in [0.25, 0.3) is 0 Å². The molecule has 0 bridgehead atoms. The van der Waals surface area contributed by atoms with Crippen molar-refractivity contribution in [3.63, 3.8) is 0 Å². The Morgan fingerprint density at radius 3 is 2.31 bits per heavy atom. The molecule has 6 nitrogen and oxygen atoms in total. The van der Waals surface area contributed by atoms with Gasteiger partial charge in [-0.15, -0.1) is 0 Å². The summed E-state index contributed by atoms with van der Waals surface area (Å²) in [6.45, 7) is 6.87. The molecule has 1 N–H and O–H groups in total. The first-order chi connectivity index (χ1) is 12.3. The summed E-state index contributed by atoms with van der Waals surface area (Å²) in [5, 5.41) is 2.89. The molecule has 0 unspecified atom stereocenters. The summed E-state index contributed by atoms with van der Waals surface area (Å²) in [5.74, 6) is 0.983. The number of benzene rings is 1. The highest BCUT2D eigenvalue weighted by Crippen LogP contribution is 2.16. The van der Waals surface area contributed by atoms with Crippen LogP contribution in [0.1, 0.15) is 45.6 Å². The molecule has 0 saturated carbocycles. The number of hydrogen-bond donors (Lipinski definition) is 1. The van der Waals surface area contributed by atoms with E-state index >= 15 is 0 Å². The zero-order chi connectivity index (χ0) is 19.2. The Labute approximate surface area is 155 Å². The molecule has 0 radical (unpaired) electrons. The maximum atomic E-state index is 12.4. The number of ether oxygens (including phenoxy) is 2. The number of likely N-dealkylation sites (tertiary alicyclic amines) is 1. The fraction of sp³-hybridized carbons (Fsp3) is 0.600. The summed E-state index contributed by atoms with van der Waals surface area (Å²) >= 11 is 0. The zero-order valence-electron chi connectivity index (χ0n) is 16.2. The molecule has 1 aromatic carbocycles. The fourth-order valence-corrected chi connectivity index (χ4v) is 2.95. The Morgan fingerprint density at radius 1 is 1.15 bits per heavy atom. The molecule has 6 heteroatoms. The average molecular weight is 362 g/mol. The Hall–Kier alpha value is -2.24. The molecule has 2 amide bonds. The molecule has 1 aliphatic heterocycles. The third-order valence-corrected chi connectivity index (χ3v) is 4.36. The van der Waals surface area contributed by atoms with Gasteiger partial charge in [0.2, 0.25) is 5.91 Å². The molecule has 1 aromatic rings. The highest BCUT2D eigenvalue weighted by atomic mass is 16.6. The second kappa shape index (κ2) is 8.92. The molecule has 1 heterocycles. The first-order valence-corrected chi connectivity index (χ1v) is 9.17. The number of methoxy groups -OCH3 is 1. The van der Waals surface area contributed by atoms with E-state index in [-0.39, 0.29) is 18.0 Å². The van der Waals surface area contributed by atoms with E-state index in [1.807, 2.05) is 49.9 Å². The van der Waals surface area contributed by atoms with Gasteiger partial charge >= 0.3 is 6.09 Å². The van der Waals surface area contributed by atoms with Gasteiger partial charge in [-0.2, -0.15) is 0 Å². The van der Waals surface area contributed by atoms with Crippen molar-refractivity contribution in [2.45, 2.75) is 58.1 Å². The number of alkyl carbamates (subject to hydrolysis) is 1. The van der Waals surface area contributed by atoms with Crippen LogP contribution in [0.5, 0.6) is 5.75 Å². The van der Waals surface area contributed by atoms with Crippen LogP contribution in [0.3, 0.4) is 0 Å². The number of nitrogens with one attached hydrogen (secondary N) is 1. The van der Waals surface area contributed by atoms with E-state index in [2.05, 4.69) is 5.32 Å². The molecule has 2 rings (SSSR count). The zero-order valence-corrected chi connectivity index (χ0v) is 16.2. The first kappa shape index (κ1) is 20.1. The third-order valence-electron chi connectivity index (χ3n) is 4.36. The number of aryl methyl sites for hydroxylation is 1. The predicted octanol–water partition coefficient (Wildman–Crippen LogP) is 3.14. The van der Waals surface area contributed by atoms with Gasteiger partial charge in [0.1, 0.15) is 11.4 Å². The number of nitrogens with zero attached hydrogens (tertiary/aromatic N) is 1. The van der Waals surface area contributed by atoms with Gasteiger partial charge in [-0.05, 0) is 57.7 Å². The maximum Gasteiger partial charge on any atom is 0.407 e. The van der Waals surface area contributed by atoms with Gasteiger partial charge in [0, 0.05) is 25.6 Å². The van der Waals surface area contributed by atoms with Crippen LogP contribution in [0.25, 0.3) is 0 Å². The lowest BCUT2D eigenvalue weighted by Crippen LogP contribution is -2.47. The predicted molar refractivity (Wildman–Crippen MR) is 100 cm³/mol. The minimum Gasteiger partial charge on any atom is -0.497 e. The van der Waals surface area contributed by atoms with Crippen LogP contribution < -0.4 is 10.1 Å². The lowest BCUT2D eigenvalue weighted by atomic mass is 10.0. The lowest BCUT2D eigenvalue weighted by molar-refractivity contribution is -0.132. The summed E-state index contributed by atoms with van der Waals surface area (Å²) in [6.07, 6.45) is 2.35. The normalized spacial score (nSPS) is 15.5. The largest absolute Gasteiger partial charge is 0.497 e. The molecule has 0 spiro atoms. The smallest absolute Gasteiger partial charge is 0.407 e. The monoisotopic (exact) mass is 362 g/mol. The quantitative estimate of drug-likeness (QED) is 0.874. The molecule has 0 aromatic heterocycles. The molecular weight excluding hydrogens is 332 g/mol. The fourth-order valence-electron chi connectivity index (χ4n) is 2.95. The van der Waals surface area contributed by atoms with Crippen molar-refractivity contribution in [2.24, 2.45) is 0 Å². The van der Waals surface area contributed by atoms with Crippen LogP contribution >= 0.6 is 0 Å². The van der Waals surface area contributed by atoms with E-state index in [1.54, 1.807) is 7.11 Å². The van der Waals surface area contributed by atoms with Gasteiger partial charge < -0.3 is 19.7 Å². The van der Waals surface area contributed by atoms with Gasteiger partial charge in [-0.1, -0.05) is 12.1 Å². The van der Waals surface area contributed by atoms with Crippen molar-refractivity contribution in [1.29, 1.82) is 0 Å². The third kappa shape index (κ3) is 6.58. The van der Waals surface area contributed by atoms with Crippen LogP contribution in [0, 0.1) is 0 Å². The summed E-state index contributed by atoms with van der Waals surface area (Å²) in [7, 11) is 1.64. The molecule has 1 saturated heterocycles. The number of amides is 2. The topological polar surface area (TPSA) is 67.9 Å². The standard InChI is InChI=1S/C20H30N2O4/c1-20(2,3)26-19(24)21-16-11-13-22(14-12-16)18(23)10-7-15-5-8-17(25-4)9-6-15/h5-6,8-9,16H,7,10-14H2,1-4H3,(H,21,24). The van der Waals surface area contributed by atoms with Gasteiger partial charge in [0.15, 0.2) is 0 Å². The maximum absolute atomic E-state index is 12.4. The molecular formula is C20H30N2O4. The molecule has 1 fully saturated rings. The van der Waals surface area contributed by atoms with Gasteiger partial charge in [-0.3, -0.25) is 4.79 Å². The lowest BCUT2D eigenvalue weighted by Gasteiger charge is -2.33. The highest BCUT2D eigenvalue weighted by Gasteiger charge is 2.25. The second-order valence-corrected chi connectivity index (χ2v) is 7.65. The minimum atomic E-state index is -0.498. The van der Waals surface area contributed by atoms with Crippen molar-refractivity contribution >= 4 is 12.0 Å². The van der Waals surface area contributed by atoms with Crippen LogP contribution in [0.4, 0.5) is 4.79 Å². The minimum absolute atomic E-state index is 0.0653. The number of rotatable bonds is 5. The summed E-state index contributed by atoms with van der Waals surface area (Å²) in [4.78, 5) is 26.1. The Balaban J connectivity index is 1.71. The molecule has 26 heavy (non-hydrogen) atoms. The SMILES string of the molecule is COc1ccc(CCC(=O)N2CCC(NC(=O)OC(C)(C)C)CC2)cc1. The van der Waals surface area contributed by atoms with Crippen LogP contribution in [-0.4, -0.2) is 48.7 Å². The number of carbonyl (C=O) groups is 2. The van der Waals surface area contributed by atoms with E-state index in [9.17, 15) is 9.59 Å². The van der Waals surface area contributed by atoms with Crippen LogP contribution in [0.2, 0.25) is 0 Å². The Morgan fingerprint density at radius 2 is 1.77 bits per heavy atom. The molecule has 0 atom stereocenters. The molecule has 144 valence electrons. The molecule has 1 aliphatic rings. The van der Waals surface area contributed by atoms with Gasteiger partial charge in [-0.25, -0.2) is 4.79 Å². The number of carbonyl (C=O) groups excluding carboxylic acids is 2. The van der Waals surface area contributed by atoms with Crippen LogP contribution in [-0.2, 0) is 16.0 Å². The van der Waals surface area contributed by atoms with E-state index in [0.717, 1.165) is 30.6 Å². The van der Waals surface area contributed by atoms with Crippen molar-refractivity contribution in [3.8, 4) is 5.75 Å². The second-order valence-electron chi connectivity index (χ2n) is 7.65. The van der Waals surface area contributed by atoms with E-state index in [1.165, 1.54) is 0 Å². The summed E-state index contributed by atoms with van der Waals surface area (Å²) in [5.41, 5.74) is 0.628. The van der Waals surface area contributed by atoms with Crippen molar-refractivity contribution in [2.75, 3.05) is 20.2 Å². The highest BCUT2D eigenvalue weighted by molar-refractivity contribution is 5.76. The van der Waals surface area contributed by atoms with Crippen LogP contribution in [0.15, 0.2) is 24.3 Å². The van der Waals surface area contributed by atoms with Crippen molar-refractivity contribution in [3.05, 3.63) is 29.8 Å². The Bertz CT molecular complexity index is 599. The number of piperidine rings is 1.